The van der Waals surface area contributed by atoms with Crippen LogP contribution in [0.1, 0.15) is 32.7 Å². The van der Waals surface area contributed by atoms with Gasteiger partial charge in [0, 0.05) is 6.42 Å². The predicted molar refractivity (Wildman–Crippen MR) is 52.6 cm³/mol. The second-order valence-corrected chi connectivity index (χ2v) is 3.52. The molecule has 0 aromatic heterocycles. The van der Waals surface area contributed by atoms with Crippen molar-refractivity contribution in [2.45, 2.75) is 13.3 Å². The smallest absolute Gasteiger partial charge is 0.339 e. The van der Waals surface area contributed by atoms with E-state index < -0.39 is 5.97 Å². The fourth-order valence-corrected chi connectivity index (χ4v) is 1.68. The molecule has 1 heterocycles. The van der Waals surface area contributed by atoms with Crippen LogP contribution in [0.15, 0.2) is 12.1 Å². The van der Waals surface area contributed by atoms with Crippen LogP contribution < -0.4 is 4.74 Å². The summed E-state index contributed by atoms with van der Waals surface area (Å²) in [7, 11) is 0. The number of carbonyl (C=O) groups is 2. The second-order valence-electron chi connectivity index (χ2n) is 3.52. The Hall–Kier alpha value is -1.84. The van der Waals surface area contributed by atoms with Crippen molar-refractivity contribution in [2.24, 2.45) is 0 Å². The van der Waals surface area contributed by atoms with E-state index in [0.717, 1.165) is 5.56 Å². The van der Waals surface area contributed by atoms with Gasteiger partial charge in [0.05, 0.1) is 12.2 Å². The maximum Gasteiger partial charge on any atom is 0.339 e. The number of carbonyl (C=O) groups excluding carboxylic acids is 1. The summed E-state index contributed by atoms with van der Waals surface area (Å²) in [5.74, 6) is -0.906. The third kappa shape index (κ3) is 1.58. The van der Waals surface area contributed by atoms with E-state index in [1.54, 1.807) is 13.0 Å². The van der Waals surface area contributed by atoms with Crippen LogP contribution in [-0.2, 0) is 0 Å². The zero-order valence-corrected chi connectivity index (χ0v) is 8.24. The molecule has 0 aliphatic carbocycles. The summed E-state index contributed by atoms with van der Waals surface area (Å²) in [5, 5.41) is 8.96. The van der Waals surface area contributed by atoms with Crippen LogP contribution in [0.3, 0.4) is 0 Å². The maximum atomic E-state index is 11.5. The minimum absolute atomic E-state index is 0.0533. The molecule has 0 atom stereocenters. The van der Waals surface area contributed by atoms with E-state index in [2.05, 4.69) is 0 Å². The van der Waals surface area contributed by atoms with Gasteiger partial charge in [0.25, 0.3) is 0 Å². The highest BCUT2D eigenvalue weighted by molar-refractivity contribution is 6.04. The van der Waals surface area contributed by atoms with Crippen LogP contribution >= 0.6 is 0 Å². The van der Waals surface area contributed by atoms with Gasteiger partial charge in [-0.2, -0.15) is 0 Å². The Morgan fingerprint density at radius 1 is 1.47 bits per heavy atom. The number of carboxylic acid groups (broad SMARTS) is 1. The third-order valence-electron chi connectivity index (χ3n) is 2.34. The topological polar surface area (TPSA) is 63.6 Å². The van der Waals surface area contributed by atoms with Crippen molar-refractivity contribution in [1.82, 2.24) is 0 Å². The Bertz CT molecular complexity index is 431. The van der Waals surface area contributed by atoms with E-state index >= 15 is 0 Å². The summed E-state index contributed by atoms with van der Waals surface area (Å²) in [6, 6.07) is 3.18. The number of carboxylic acids is 1. The van der Waals surface area contributed by atoms with Crippen molar-refractivity contribution >= 4 is 11.8 Å². The first-order chi connectivity index (χ1) is 7.09. The van der Waals surface area contributed by atoms with Gasteiger partial charge in [0.2, 0.25) is 0 Å². The van der Waals surface area contributed by atoms with Crippen molar-refractivity contribution in [2.75, 3.05) is 6.61 Å². The highest BCUT2D eigenvalue weighted by atomic mass is 16.5. The fraction of sp³-hybridized carbons (Fsp3) is 0.273. The number of rotatable bonds is 1. The minimum Gasteiger partial charge on any atom is -0.491 e. The highest BCUT2D eigenvalue weighted by Crippen LogP contribution is 2.30. The first-order valence-corrected chi connectivity index (χ1v) is 4.63. The summed E-state index contributed by atoms with van der Waals surface area (Å²) >= 11 is 0. The molecule has 4 nitrogen and oxygen atoms in total. The highest BCUT2D eigenvalue weighted by Gasteiger charge is 2.24. The quantitative estimate of drug-likeness (QED) is 0.758. The Morgan fingerprint density at radius 3 is 2.87 bits per heavy atom. The number of hydrogen-bond donors (Lipinski definition) is 1. The molecular formula is C11H10O4. The van der Waals surface area contributed by atoms with Crippen molar-refractivity contribution in [3.8, 4) is 5.75 Å². The lowest BCUT2D eigenvalue weighted by Gasteiger charge is -2.18. The molecule has 0 bridgehead atoms. The van der Waals surface area contributed by atoms with Gasteiger partial charge in [0.15, 0.2) is 5.78 Å². The van der Waals surface area contributed by atoms with Crippen LogP contribution in [0.25, 0.3) is 0 Å². The molecule has 2 rings (SSSR count). The molecule has 1 N–H and O–H groups in total. The van der Waals surface area contributed by atoms with Gasteiger partial charge in [0.1, 0.15) is 11.3 Å². The SMILES string of the molecule is Cc1cc(C(=O)O)c2c(c1)C(=O)CCO2. The Morgan fingerprint density at radius 2 is 2.20 bits per heavy atom. The summed E-state index contributed by atoms with van der Waals surface area (Å²) in [6.07, 6.45) is 0.315. The first-order valence-electron chi connectivity index (χ1n) is 4.63. The zero-order chi connectivity index (χ0) is 11.0. The van der Waals surface area contributed by atoms with E-state index in [-0.39, 0.29) is 23.7 Å². The minimum atomic E-state index is -1.07. The molecule has 0 radical (unpaired) electrons. The molecule has 1 aliphatic rings. The van der Waals surface area contributed by atoms with E-state index in [0.29, 0.717) is 12.0 Å². The van der Waals surface area contributed by atoms with Gasteiger partial charge in [-0.3, -0.25) is 4.79 Å². The molecular weight excluding hydrogens is 196 g/mol. The molecule has 1 aromatic carbocycles. The molecule has 4 heteroatoms. The molecule has 1 aliphatic heterocycles. The zero-order valence-electron chi connectivity index (χ0n) is 8.24. The van der Waals surface area contributed by atoms with Crippen LogP contribution in [0.5, 0.6) is 5.75 Å². The average Bonchev–Trinajstić information content (AvgIpc) is 2.18. The van der Waals surface area contributed by atoms with Gasteiger partial charge >= 0.3 is 5.97 Å². The standard InChI is InChI=1S/C11H10O4/c1-6-4-7-9(12)2-3-15-10(7)8(5-6)11(13)14/h4-5H,2-3H2,1H3,(H,13,14). The lowest BCUT2D eigenvalue weighted by Crippen LogP contribution is -2.18. The van der Waals surface area contributed by atoms with Gasteiger partial charge < -0.3 is 9.84 Å². The van der Waals surface area contributed by atoms with Gasteiger partial charge in [-0.05, 0) is 24.6 Å². The number of ketones is 1. The molecule has 0 saturated carbocycles. The van der Waals surface area contributed by atoms with Gasteiger partial charge in [-0.15, -0.1) is 0 Å². The largest absolute Gasteiger partial charge is 0.491 e. The summed E-state index contributed by atoms with van der Waals surface area (Å²) < 4.78 is 5.24. The monoisotopic (exact) mass is 206 g/mol. The van der Waals surface area contributed by atoms with E-state index in [1.165, 1.54) is 6.07 Å². The average molecular weight is 206 g/mol. The number of hydrogen-bond acceptors (Lipinski definition) is 3. The fourth-order valence-electron chi connectivity index (χ4n) is 1.68. The first kappa shape index (κ1) is 9.71. The molecule has 78 valence electrons. The number of aryl methyl sites for hydroxylation is 1. The number of Topliss-reactive ketones (excluding diaryl/α,β-unsaturated/α-hetero) is 1. The van der Waals surface area contributed by atoms with Crippen molar-refractivity contribution < 1.29 is 19.4 Å². The molecule has 0 fully saturated rings. The lowest BCUT2D eigenvalue weighted by atomic mass is 9.98. The normalized spacial score (nSPS) is 14.3. The van der Waals surface area contributed by atoms with Gasteiger partial charge in [-0.1, -0.05) is 0 Å². The maximum absolute atomic E-state index is 11.5. The summed E-state index contributed by atoms with van der Waals surface area (Å²) in [5.41, 5.74) is 1.21. The Labute approximate surface area is 86.5 Å². The number of ether oxygens (including phenoxy) is 1. The van der Waals surface area contributed by atoms with Crippen LogP contribution in [-0.4, -0.2) is 23.5 Å². The summed E-state index contributed by atoms with van der Waals surface area (Å²) in [4.78, 5) is 22.5. The number of benzene rings is 1. The van der Waals surface area contributed by atoms with Crippen molar-refractivity contribution in [3.63, 3.8) is 0 Å². The van der Waals surface area contributed by atoms with E-state index in [1.807, 2.05) is 0 Å². The summed E-state index contributed by atoms with van der Waals surface area (Å²) in [6.45, 7) is 2.02. The van der Waals surface area contributed by atoms with Crippen molar-refractivity contribution in [3.05, 3.63) is 28.8 Å². The van der Waals surface area contributed by atoms with Crippen molar-refractivity contribution in [1.29, 1.82) is 0 Å². The lowest BCUT2D eigenvalue weighted by molar-refractivity contribution is 0.0691. The van der Waals surface area contributed by atoms with E-state index in [9.17, 15) is 9.59 Å². The number of aromatic carboxylic acids is 1. The molecule has 15 heavy (non-hydrogen) atoms. The number of fused-ring (bicyclic) bond motifs is 1. The molecule has 0 spiro atoms. The molecule has 0 unspecified atom stereocenters. The third-order valence-corrected chi connectivity index (χ3v) is 2.34. The van der Waals surface area contributed by atoms with Crippen LogP contribution in [0.2, 0.25) is 0 Å². The molecule has 0 amide bonds. The predicted octanol–water partition coefficient (Wildman–Crippen LogP) is 1.66. The van der Waals surface area contributed by atoms with Crippen LogP contribution in [0, 0.1) is 6.92 Å². The molecule has 1 aromatic rings. The van der Waals surface area contributed by atoms with Gasteiger partial charge in [-0.25, -0.2) is 4.79 Å². The molecule has 0 saturated heterocycles. The Balaban J connectivity index is 2.67. The van der Waals surface area contributed by atoms with Crippen LogP contribution in [0.4, 0.5) is 0 Å². The Kier molecular flexibility index (Phi) is 2.19. The van der Waals surface area contributed by atoms with E-state index in [4.69, 9.17) is 9.84 Å². The second kappa shape index (κ2) is 3.38.